The Morgan fingerprint density at radius 2 is 1.75 bits per heavy atom. The van der Waals surface area contributed by atoms with Crippen LogP contribution >= 0.6 is 0 Å². The quantitative estimate of drug-likeness (QED) is 0.824. The second kappa shape index (κ2) is 5.80. The number of hydrogen-bond acceptors (Lipinski definition) is 1. The summed E-state index contributed by atoms with van der Waals surface area (Å²) < 4.78 is 0. The van der Waals surface area contributed by atoms with E-state index in [4.69, 9.17) is 0 Å². The van der Waals surface area contributed by atoms with Crippen LogP contribution in [0.2, 0.25) is 0 Å². The predicted octanol–water partition coefficient (Wildman–Crippen LogP) is 4.72. The molecule has 20 heavy (non-hydrogen) atoms. The second-order valence-electron chi connectivity index (χ2n) is 5.93. The summed E-state index contributed by atoms with van der Waals surface area (Å²) in [6.07, 6.45) is 2.73. The van der Waals surface area contributed by atoms with E-state index >= 15 is 0 Å². The molecule has 104 valence electrons. The van der Waals surface area contributed by atoms with E-state index in [2.05, 4.69) is 67.7 Å². The molecule has 1 atom stereocenters. The van der Waals surface area contributed by atoms with Gasteiger partial charge >= 0.3 is 0 Å². The minimum absolute atomic E-state index is 0.392. The molecule has 0 spiro atoms. The molecule has 1 N–H and O–H groups in total. The normalized spacial score (nSPS) is 16.1. The van der Waals surface area contributed by atoms with Gasteiger partial charge in [-0.1, -0.05) is 48.5 Å². The first kappa shape index (κ1) is 13.4. The van der Waals surface area contributed by atoms with Gasteiger partial charge in [-0.15, -0.1) is 0 Å². The van der Waals surface area contributed by atoms with E-state index in [0.29, 0.717) is 6.04 Å². The largest absolute Gasteiger partial charge is 0.306 e. The Balaban J connectivity index is 1.69. The van der Waals surface area contributed by atoms with E-state index in [1.54, 1.807) is 5.56 Å². The monoisotopic (exact) mass is 265 g/mol. The van der Waals surface area contributed by atoms with E-state index in [-0.39, 0.29) is 0 Å². The second-order valence-corrected chi connectivity index (χ2v) is 5.93. The van der Waals surface area contributed by atoms with Crippen LogP contribution in [0.1, 0.15) is 54.0 Å². The van der Waals surface area contributed by atoms with Crippen molar-refractivity contribution in [3.63, 3.8) is 0 Å². The zero-order valence-corrected chi connectivity index (χ0v) is 12.4. The summed E-state index contributed by atoms with van der Waals surface area (Å²) in [5, 5.41) is 3.68. The van der Waals surface area contributed by atoms with Crippen molar-refractivity contribution in [1.82, 2.24) is 5.32 Å². The third-order valence-corrected chi connectivity index (χ3v) is 4.33. The van der Waals surface area contributed by atoms with Crippen LogP contribution in [0, 0.1) is 6.92 Å². The number of rotatable bonds is 5. The Bertz CT molecular complexity index is 584. The number of aryl methyl sites for hydroxylation is 1. The maximum absolute atomic E-state index is 3.68. The number of nitrogens with one attached hydrogen (secondary N) is 1. The Kier molecular flexibility index (Phi) is 3.88. The molecule has 1 aliphatic carbocycles. The Morgan fingerprint density at radius 1 is 1.05 bits per heavy atom. The van der Waals surface area contributed by atoms with Crippen molar-refractivity contribution < 1.29 is 0 Å². The van der Waals surface area contributed by atoms with E-state index in [0.717, 1.165) is 12.5 Å². The fraction of sp³-hybridized carbons (Fsp3) is 0.368. The molecule has 0 bridgehead atoms. The first-order valence-corrected chi connectivity index (χ1v) is 7.62. The van der Waals surface area contributed by atoms with Gasteiger partial charge in [-0.2, -0.15) is 0 Å². The zero-order valence-electron chi connectivity index (χ0n) is 12.4. The van der Waals surface area contributed by atoms with Crippen LogP contribution in [-0.2, 0) is 6.54 Å². The molecule has 2 aromatic carbocycles. The molecule has 0 aromatic heterocycles. The average molecular weight is 265 g/mol. The van der Waals surface area contributed by atoms with Gasteiger partial charge in [0.15, 0.2) is 0 Å². The molecule has 1 aliphatic rings. The van der Waals surface area contributed by atoms with Crippen molar-refractivity contribution >= 4 is 0 Å². The molecule has 1 fully saturated rings. The summed E-state index contributed by atoms with van der Waals surface area (Å²) in [6, 6.07) is 17.9. The maximum atomic E-state index is 3.68. The first-order valence-electron chi connectivity index (χ1n) is 7.62. The lowest BCUT2D eigenvalue weighted by molar-refractivity contribution is 0.570. The van der Waals surface area contributed by atoms with Crippen molar-refractivity contribution in [3.8, 4) is 0 Å². The zero-order chi connectivity index (χ0) is 13.9. The van der Waals surface area contributed by atoms with Crippen LogP contribution in [0.25, 0.3) is 0 Å². The summed E-state index contributed by atoms with van der Waals surface area (Å²) in [5.41, 5.74) is 5.78. The molecular formula is C19H23N. The summed E-state index contributed by atoms with van der Waals surface area (Å²) >= 11 is 0. The van der Waals surface area contributed by atoms with E-state index in [9.17, 15) is 0 Å². The van der Waals surface area contributed by atoms with Crippen LogP contribution in [-0.4, -0.2) is 0 Å². The number of hydrogen-bond donors (Lipinski definition) is 1. The minimum atomic E-state index is 0.392. The highest BCUT2D eigenvalue weighted by molar-refractivity contribution is 5.34. The van der Waals surface area contributed by atoms with Gasteiger partial charge in [0, 0.05) is 12.6 Å². The van der Waals surface area contributed by atoms with Crippen LogP contribution in [0.15, 0.2) is 48.5 Å². The minimum Gasteiger partial charge on any atom is -0.306 e. The third-order valence-electron chi connectivity index (χ3n) is 4.33. The van der Waals surface area contributed by atoms with Crippen molar-refractivity contribution in [2.24, 2.45) is 0 Å². The van der Waals surface area contributed by atoms with Crippen LogP contribution in [0.3, 0.4) is 0 Å². The topological polar surface area (TPSA) is 12.0 Å². The molecule has 0 aliphatic heterocycles. The highest BCUT2D eigenvalue weighted by Crippen LogP contribution is 2.41. The molecule has 0 heterocycles. The lowest BCUT2D eigenvalue weighted by atomic mass is 10.0. The third kappa shape index (κ3) is 2.94. The smallest absolute Gasteiger partial charge is 0.0297 e. The van der Waals surface area contributed by atoms with Gasteiger partial charge in [-0.05, 0) is 54.9 Å². The SMILES string of the molecule is Cc1ccccc1[C@@H](C)NCc1ccccc1C1CC1. The molecule has 0 unspecified atom stereocenters. The molecule has 1 nitrogen and oxygen atoms in total. The molecule has 0 radical (unpaired) electrons. The lowest BCUT2D eigenvalue weighted by Crippen LogP contribution is -2.19. The first-order chi connectivity index (χ1) is 9.75. The van der Waals surface area contributed by atoms with Crippen molar-refractivity contribution in [2.45, 2.75) is 45.2 Å². The van der Waals surface area contributed by atoms with Crippen molar-refractivity contribution in [2.75, 3.05) is 0 Å². The van der Waals surface area contributed by atoms with Gasteiger partial charge in [-0.25, -0.2) is 0 Å². The molecule has 2 aromatic rings. The molecule has 3 rings (SSSR count). The number of benzene rings is 2. The van der Waals surface area contributed by atoms with Gasteiger partial charge in [0.1, 0.15) is 0 Å². The molecular weight excluding hydrogens is 242 g/mol. The Hall–Kier alpha value is -1.60. The highest BCUT2D eigenvalue weighted by Gasteiger charge is 2.25. The lowest BCUT2D eigenvalue weighted by Gasteiger charge is -2.18. The summed E-state index contributed by atoms with van der Waals surface area (Å²) in [7, 11) is 0. The molecule has 0 amide bonds. The van der Waals surface area contributed by atoms with Gasteiger partial charge in [0.2, 0.25) is 0 Å². The van der Waals surface area contributed by atoms with Crippen LogP contribution in [0.4, 0.5) is 0 Å². The molecule has 1 heteroatoms. The fourth-order valence-corrected chi connectivity index (χ4v) is 2.93. The Labute approximate surface area is 122 Å². The van der Waals surface area contributed by atoms with Crippen molar-refractivity contribution in [3.05, 3.63) is 70.8 Å². The van der Waals surface area contributed by atoms with Crippen molar-refractivity contribution in [1.29, 1.82) is 0 Å². The maximum Gasteiger partial charge on any atom is 0.0297 e. The summed E-state index contributed by atoms with van der Waals surface area (Å²) in [6.45, 7) is 5.40. The van der Waals surface area contributed by atoms with E-state index < -0.39 is 0 Å². The fourth-order valence-electron chi connectivity index (χ4n) is 2.93. The highest BCUT2D eigenvalue weighted by atomic mass is 14.9. The van der Waals surface area contributed by atoms with Gasteiger partial charge in [0.05, 0.1) is 0 Å². The van der Waals surface area contributed by atoms with E-state index in [1.807, 2.05) is 0 Å². The molecule has 0 saturated heterocycles. The Morgan fingerprint density at radius 3 is 2.50 bits per heavy atom. The predicted molar refractivity (Wildman–Crippen MR) is 84.9 cm³/mol. The van der Waals surface area contributed by atoms with Gasteiger partial charge in [0.25, 0.3) is 0 Å². The summed E-state index contributed by atoms with van der Waals surface area (Å²) in [5.74, 6) is 0.821. The van der Waals surface area contributed by atoms with Gasteiger partial charge in [-0.3, -0.25) is 0 Å². The summed E-state index contributed by atoms with van der Waals surface area (Å²) in [4.78, 5) is 0. The van der Waals surface area contributed by atoms with E-state index in [1.165, 1.54) is 29.5 Å². The van der Waals surface area contributed by atoms with Gasteiger partial charge < -0.3 is 5.32 Å². The van der Waals surface area contributed by atoms with Crippen LogP contribution in [0.5, 0.6) is 0 Å². The van der Waals surface area contributed by atoms with Crippen LogP contribution < -0.4 is 5.32 Å². The average Bonchev–Trinajstić information content (AvgIpc) is 3.30. The standard InChI is InChI=1S/C19H23N/c1-14-7-3-5-9-18(14)15(2)20-13-17-8-4-6-10-19(17)16-11-12-16/h3-10,15-16,20H,11-13H2,1-2H3/t15-/m1/s1. The molecule has 1 saturated carbocycles.